The fraction of sp³-hybridized carbons (Fsp3) is 0.478. The van der Waals surface area contributed by atoms with E-state index in [9.17, 15) is 9.59 Å². The summed E-state index contributed by atoms with van der Waals surface area (Å²) < 4.78 is 0. The Bertz CT molecular complexity index is 896. The number of benzene rings is 1. The predicted octanol–water partition coefficient (Wildman–Crippen LogP) is 2.84. The fourth-order valence-corrected chi connectivity index (χ4v) is 4.29. The molecule has 0 unspecified atom stereocenters. The molecule has 7 heteroatoms. The van der Waals surface area contributed by atoms with E-state index in [1.54, 1.807) is 6.20 Å². The third-order valence-corrected chi connectivity index (χ3v) is 5.96. The van der Waals surface area contributed by atoms with Gasteiger partial charge in [-0.2, -0.15) is 0 Å². The van der Waals surface area contributed by atoms with Crippen molar-refractivity contribution in [2.24, 2.45) is 0 Å². The normalized spacial score (nSPS) is 19.6. The molecule has 0 spiro atoms. The minimum Gasteiger partial charge on any atom is -0.342 e. The summed E-state index contributed by atoms with van der Waals surface area (Å²) in [7, 11) is 0. The van der Waals surface area contributed by atoms with Crippen molar-refractivity contribution in [3.05, 3.63) is 53.6 Å². The molecule has 1 N–H and O–H groups in total. The number of hydrogen-bond donors (Lipinski definition) is 1. The summed E-state index contributed by atoms with van der Waals surface area (Å²) in [6.45, 7) is 5.84. The molecule has 0 bridgehead atoms. The minimum atomic E-state index is -0.202. The minimum absolute atomic E-state index is 0.190. The Hall–Kier alpha value is -2.80. The Morgan fingerprint density at radius 3 is 2.60 bits per heavy atom. The van der Waals surface area contributed by atoms with Gasteiger partial charge in [-0.05, 0) is 51.3 Å². The van der Waals surface area contributed by atoms with Crippen LogP contribution in [0.2, 0.25) is 0 Å². The van der Waals surface area contributed by atoms with E-state index < -0.39 is 0 Å². The number of para-hydroxylation sites is 1. The van der Waals surface area contributed by atoms with Crippen LogP contribution in [0.5, 0.6) is 0 Å². The highest BCUT2D eigenvalue weighted by molar-refractivity contribution is 6.04. The van der Waals surface area contributed by atoms with Gasteiger partial charge in [-0.3, -0.25) is 14.5 Å². The van der Waals surface area contributed by atoms with E-state index in [1.165, 1.54) is 0 Å². The maximum Gasteiger partial charge on any atom is 0.259 e. The molecule has 1 aromatic carbocycles. The van der Waals surface area contributed by atoms with E-state index in [0.717, 1.165) is 63.4 Å². The third kappa shape index (κ3) is 4.84. The first kappa shape index (κ1) is 20.5. The molecule has 2 aromatic rings. The number of nitrogens with one attached hydrogen (secondary N) is 1. The summed E-state index contributed by atoms with van der Waals surface area (Å²) in [6.07, 6.45) is 5.89. The van der Waals surface area contributed by atoms with Crippen molar-refractivity contribution < 1.29 is 9.59 Å². The summed E-state index contributed by atoms with van der Waals surface area (Å²) >= 11 is 0. The van der Waals surface area contributed by atoms with Crippen molar-refractivity contribution in [3.63, 3.8) is 0 Å². The van der Waals surface area contributed by atoms with E-state index in [-0.39, 0.29) is 17.7 Å². The van der Waals surface area contributed by atoms with Gasteiger partial charge in [0.2, 0.25) is 5.91 Å². The quantitative estimate of drug-likeness (QED) is 0.825. The zero-order valence-electron chi connectivity index (χ0n) is 17.5. The summed E-state index contributed by atoms with van der Waals surface area (Å²) in [4.78, 5) is 38.5. The molecule has 158 valence electrons. The molecule has 4 rings (SSSR count). The van der Waals surface area contributed by atoms with Crippen molar-refractivity contribution in [1.29, 1.82) is 0 Å². The number of piperidine rings is 1. The van der Waals surface area contributed by atoms with Crippen LogP contribution in [0.25, 0.3) is 0 Å². The zero-order chi connectivity index (χ0) is 20.9. The molecule has 3 heterocycles. The number of aromatic nitrogens is 2. The third-order valence-electron chi connectivity index (χ3n) is 5.96. The van der Waals surface area contributed by atoms with E-state index in [1.807, 2.05) is 42.2 Å². The number of aryl methyl sites for hydroxylation is 1. The molecule has 30 heavy (non-hydrogen) atoms. The van der Waals surface area contributed by atoms with Gasteiger partial charge in [0.25, 0.3) is 5.91 Å². The number of carbonyl (C=O) groups is 2. The topological polar surface area (TPSA) is 78.4 Å². The number of amides is 2. The monoisotopic (exact) mass is 407 g/mol. The highest BCUT2D eigenvalue weighted by atomic mass is 16.2. The smallest absolute Gasteiger partial charge is 0.259 e. The average Bonchev–Trinajstić information content (AvgIpc) is 3.30. The average molecular weight is 408 g/mol. The lowest BCUT2D eigenvalue weighted by molar-refractivity contribution is -0.131. The maximum atomic E-state index is 12.6. The number of likely N-dealkylation sites (tertiary alicyclic amines) is 2. The van der Waals surface area contributed by atoms with Crippen molar-refractivity contribution in [3.8, 4) is 0 Å². The molecule has 0 aliphatic carbocycles. The molecule has 1 aromatic heterocycles. The Morgan fingerprint density at radius 2 is 1.87 bits per heavy atom. The SMILES string of the molecule is Cc1nc([C@@H]2CCCN(CC(=O)N3CCCC3)C2)ncc1C(=O)Nc1ccccc1. The Morgan fingerprint density at radius 1 is 1.10 bits per heavy atom. The van der Waals surface area contributed by atoms with Crippen LogP contribution in [-0.2, 0) is 4.79 Å². The molecular formula is C23H29N5O2. The zero-order valence-corrected chi connectivity index (χ0v) is 17.5. The van der Waals surface area contributed by atoms with Crippen LogP contribution < -0.4 is 5.32 Å². The van der Waals surface area contributed by atoms with Crippen LogP contribution in [0.3, 0.4) is 0 Å². The van der Waals surface area contributed by atoms with Crippen molar-refractivity contribution in [1.82, 2.24) is 19.8 Å². The van der Waals surface area contributed by atoms with E-state index in [2.05, 4.69) is 20.2 Å². The Kier molecular flexibility index (Phi) is 6.38. The van der Waals surface area contributed by atoms with Crippen LogP contribution >= 0.6 is 0 Å². The van der Waals surface area contributed by atoms with Crippen molar-refractivity contribution in [2.75, 3.05) is 38.0 Å². The lowest BCUT2D eigenvalue weighted by Crippen LogP contribution is -2.43. The summed E-state index contributed by atoms with van der Waals surface area (Å²) in [5, 5.41) is 2.88. The van der Waals surface area contributed by atoms with Gasteiger partial charge < -0.3 is 10.2 Å². The number of rotatable bonds is 5. The molecule has 0 radical (unpaired) electrons. The number of anilines is 1. The fourth-order valence-electron chi connectivity index (χ4n) is 4.29. The standard InChI is InChI=1S/C23H29N5O2/c1-17-20(23(30)26-19-9-3-2-4-10-19)14-24-22(25-17)18-8-7-11-27(15-18)16-21(29)28-12-5-6-13-28/h2-4,9-10,14,18H,5-8,11-13,15-16H2,1H3,(H,26,30)/t18-/m1/s1. The van der Waals surface area contributed by atoms with Gasteiger partial charge in [0.1, 0.15) is 5.82 Å². The molecule has 1 atom stereocenters. The molecular weight excluding hydrogens is 378 g/mol. The van der Waals surface area contributed by atoms with E-state index in [0.29, 0.717) is 17.8 Å². The summed E-state index contributed by atoms with van der Waals surface area (Å²) in [6, 6.07) is 9.37. The number of carbonyl (C=O) groups excluding carboxylic acids is 2. The first-order valence-electron chi connectivity index (χ1n) is 10.8. The van der Waals surface area contributed by atoms with Crippen LogP contribution in [0.4, 0.5) is 5.69 Å². The van der Waals surface area contributed by atoms with Crippen LogP contribution in [-0.4, -0.2) is 64.3 Å². The van der Waals surface area contributed by atoms with Gasteiger partial charge in [-0.15, -0.1) is 0 Å². The number of nitrogens with zero attached hydrogens (tertiary/aromatic N) is 4. The molecule has 0 saturated carbocycles. The molecule has 2 fully saturated rings. The highest BCUT2D eigenvalue weighted by Crippen LogP contribution is 2.25. The van der Waals surface area contributed by atoms with Gasteiger partial charge in [-0.1, -0.05) is 18.2 Å². The highest BCUT2D eigenvalue weighted by Gasteiger charge is 2.27. The molecule has 7 nitrogen and oxygen atoms in total. The van der Waals surface area contributed by atoms with Gasteiger partial charge >= 0.3 is 0 Å². The Balaban J connectivity index is 1.39. The molecule has 2 amide bonds. The van der Waals surface area contributed by atoms with Crippen molar-refractivity contribution in [2.45, 2.75) is 38.5 Å². The summed E-state index contributed by atoms with van der Waals surface area (Å²) in [5.74, 6) is 0.988. The van der Waals surface area contributed by atoms with Gasteiger partial charge in [-0.25, -0.2) is 9.97 Å². The molecule has 2 aliphatic heterocycles. The Labute approximate surface area is 177 Å². The predicted molar refractivity (Wildman–Crippen MR) is 115 cm³/mol. The van der Waals surface area contributed by atoms with E-state index >= 15 is 0 Å². The second-order valence-corrected chi connectivity index (χ2v) is 8.21. The van der Waals surface area contributed by atoms with Crippen LogP contribution in [0.1, 0.15) is 53.5 Å². The lowest BCUT2D eigenvalue weighted by Gasteiger charge is -2.32. The van der Waals surface area contributed by atoms with Gasteiger partial charge in [0.05, 0.1) is 17.8 Å². The lowest BCUT2D eigenvalue weighted by atomic mass is 9.97. The molecule has 2 saturated heterocycles. The van der Waals surface area contributed by atoms with Gasteiger partial charge in [0, 0.05) is 37.4 Å². The number of hydrogen-bond acceptors (Lipinski definition) is 5. The molecule has 2 aliphatic rings. The first-order chi connectivity index (χ1) is 14.6. The second kappa shape index (κ2) is 9.34. The van der Waals surface area contributed by atoms with Crippen LogP contribution in [0.15, 0.2) is 36.5 Å². The maximum absolute atomic E-state index is 12.6. The largest absolute Gasteiger partial charge is 0.342 e. The van der Waals surface area contributed by atoms with Gasteiger partial charge in [0.15, 0.2) is 0 Å². The van der Waals surface area contributed by atoms with Crippen molar-refractivity contribution >= 4 is 17.5 Å². The van der Waals surface area contributed by atoms with E-state index in [4.69, 9.17) is 0 Å². The van der Waals surface area contributed by atoms with Crippen LogP contribution in [0, 0.1) is 6.92 Å². The second-order valence-electron chi connectivity index (χ2n) is 8.21. The summed E-state index contributed by atoms with van der Waals surface area (Å²) in [5.41, 5.74) is 1.91. The first-order valence-corrected chi connectivity index (χ1v) is 10.8.